The molecule has 0 bridgehead atoms. The minimum Gasteiger partial charge on any atom is -0.497 e. The summed E-state index contributed by atoms with van der Waals surface area (Å²) in [6.07, 6.45) is 0. The van der Waals surface area contributed by atoms with Gasteiger partial charge in [-0.25, -0.2) is 0 Å². The van der Waals surface area contributed by atoms with Crippen LogP contribution < -0.4 is 16.2 Å². The molecular formula is C9H13ClN2O2. The first kappa shape index (κ1) is 12.7. The number of hydrogen-bond acceptors (Lipinski definition) is 3. The molecule has 0 spiro atoms. The molecule has 1 aromatic rings. The maximum absolute atomic E-state index is 10.7. The van der Waals surface area contributed by atoms with E-state index in [1.807, 2.05) is 0 Å². The van der Waals surface area contributed by atoms with Crippen molar-refractivity contribution >= 4 is 18.3 Å². The van der Waals surface area contributed by atoms with E-state index in [1.165, 1.54) is 0 Å². The molecule has 1 aromatic carbocycles. The second-order valence-electron chi connectivity index (χ2n) is 2.65. The van der Waals surface area contributed by atoms with Crippen molar-refractivity contribution < 1.29 is 9.53 Å². The minimum atomic E-state index is -0.745. The Morgan fingerprint density at radius 2 is 1.86 bits per heavy atom. The largest absolute Gasteiger partial charge is 0.497 e. The van der Waals surface area contributed by atoms with Gasteiger partial charge >= 0.3 is 0 Å². The van der Waals surface area contributed by atoms with Crippen LogP contribution in [0, 0.1) is 0 Å². The molecule has 0 saturated carbocycles. The predicted molar refractivity (Wildman–Crippen MR) is 56.4 cm³/mol. The zero-order valence-electron chi connectivity index (χ0n) is 7.77. The molecule has 0 heterocycles. The molecule has 0 saturated heterocycles. The van der Waals surface area contributed by atoms with Crippen LogP contribution in [0.2, 0.25) is 0 Å². The van der Waals surface area contributed by atoms with Gasteiger partial charge in [-0.15, -0.1) is 12.4 Å². The number of primary amides is 1. The third-order valence-corrected chi connectivity index (χ3v) is 1.78. The first-order chi connectivity index (χ1) is 6.15. The molecule has 0 fully saturated rings. The molecule has 14 heavy (non-hydrogen) atoms. The number of halogens is 1. The molecule has 5 heteroatoms. The Balaban J connectivity index is 0.00000169. The summed E-state index contributed by atoms with van der Waals surface area (Å²) in [6, 6.07) is 6.16. The zero-order valence-corrected chi connectivity index (χ0v) is 8.58. The SMILES string of the molecule is COc1ccc([C@@H](N)C(N)=O)cc1.Cl. The molecule has 0 aliphatic rings. The molecule has 0 radical (unpaired) electrons. The van der Waals surface area contributed by atoms with E-state index < -0.39 is 11.9 Å². The van der Waals surface area contributed by atoms with E-state index in [0.29, 0.717) is 5.56 Å². The van der Waals surface area contributed by atoms with E-state index in [-0.39, 0.29) is 12.4 Å². The average molecular weight is 217 g/mol. The van der Waals surface area contributed by atoms with Crippen molar-refractivity contribution in [1.82, 2.24) is 0 Å². The maximum atomic E-state index is 10.7. The van der Waals surface area contributed by atoms with E-state index in [2.05, 4.69) is 0 Å². The van der Waals surface area contributed by atoms with Gasteiger partial charge in [-0.1, -0.05) is 12.1 Å². The molecule has 0 unspecified atom stereocenters. The van der Waals surface area contributed by atoms with Gasteiger partial charge in [0.2, 0.25) is 5.91 Å². The van der Waals surface area contributed by atoms with E-state index in [1.54, 1.807) is 31.4 Å². The number of carbonyl (C=O) groups excluding carboxylic acids is 1. The topological polar surface area (TPSA) is 78.3 Å². The summed E-state index contributed by atoms with van der Waals surface area (Å²) in [4.78, 5) is 10.7. The Morgan fingerprint density at radius 1 is 1.36 bits per heavy atom. The molecule has 1 atom stereocenters. The Bertz CT molecular complexity index is 300. The highest BCUT2D eigenvalue weighted by Gasteiger charge is 2.11. The monoisotopic (exact) mass is 216 g/mol. The normalized spacial score (nSPS) is 11.3. The van der Waals surface area contributed by atoms with Gasteiger partial charge < -0.3 is 16.2 Å². The third-order valence-electron chi connectivity index (χ3n) is 1.78. The average Bonchev–Trinajstić information content (AvgIpc) is 2.17. The lowest BCUT2D eigenvalue weighted by Gasteiger charge is -2.07. The first-order valence-corrected chi connectivity index (χ1v) is 3.84. The van der Waals surface area contributed by atoms with E-state index in [0.717, 1.165) is 5.75 Å². The van der Waals surface area contributed by atoms with Crippen LogP contribution in [0.25, 0.3) is 0 Å². The number of amides is 1. The van der Waals surface area contributed by atoms with Gasteiger partial charge in [0.25, 0.3) is 0 Å². The van der Waals surface area contributed by atoms with Gasteiger partial charge in [-0.2, -0.15) is 0 Å². The summed E-state index contributed by atoms with van der Waals surface area (Å²) in [7, 11) is 1.57. The molecule has 4 nitrogen and oxygen atoms in total. The van der Waals surface area contributed by atoms with Crippen LogP contribution in [0.3, 0.4) is 0 Å². The van der Waals surface area contributed by atoms with Crippen molar-refractivity contribution in [2.45, 2.75) is 6.04 Å². The number of carbonyl (C=O) groups is 1. The third kappa shape index (κ3) is 2.90. The van der Waals surface area contributed by atoms with Crippen LogP contribution in [0.15, 0.2) is 24.3 Å². The van der Waals surface area contributed by atoms with E-state index in [9.17, 15) is 4.79 Å². The predicted octanol–water partition coefficient (Wildman–Crippen LogP) is 0.602. The molecule has 0 aliphatic heterocycles. The van der Waals surface area contributed by atoms with Crippen molar-refractivity contribution in [3.8, 4) is 5.75 Å². The number of rotatable bonds is 3. The lowest BCUT2D eigenvalue weighted by atomic mass is 10.1. The molecular weight excluding hydrogens is 204 g/mol. The van der Waals surface area contributed by atoms with Crippen LogP contribution in [0.5, 0.6) is 5.75 Å². The summed E-state index contributed by atoms with van der Waals surface area (Å²) in [6.45, 7) is 0. The molecule has 1 rings (SSSR count). The summed E-state index contributed by atoms with van der Waals surface area (Å²) in [5, 5.41) is 0. The quantitative estimate of drug-likeness (QED) is 0.777. The number of hydrogen-bond donors (Lipinski definition) is 2. The number of nitrogens with two attached hydrogens (primary N) is 2. The van der Waals surface area contributed by atoms with Gasteiger partial charge in [0, 0.05) is 0 Å². The van der Waals surface area contributed by atoms with Crippen LogP contribution in [-0.4, -0.2) is 13.0 Å². The Labute approximate surface area is 88.6 Å². The van der Waals surface area contributed by atoms with Gasteiger partial charge in [0.15, 0.2) is 0 Å². The molecule has 0 aromatic heterocycles. The fraction of sp³-hybridized carbons (Fsp3) is 0.222. The van der Waals surface area contributed by atoms with Gasteiger partial charge in [0.1, 0.15) is 11.8 Å². The molecule has 4 N–H and O–H groups in total. The number of ether oxygens (including phenoxy) is 1. The lowest BCUT2D eigenvalue weighted by Crippen LogP contribution is -2.28. The standard InChI is InChI=1S/C9H12N2O2.ClH/c1-13-7-4-2-6(3-5-7)8(10)9(11)12;/h2-5,8H,10H2,1H3,(H2,11,12);1H/t8-;/m1./s1. The van der Waals surface area contributed by atoms with Crippen molar-refractivity contribution in [3.05, 3.63) is 29.8 Å². The van der Waals surface area contributed by atoms with Gasteiger partial charge in [0.05, 0.1) is 7.11 Å². The minimum absolute atomic E-state index is 0. The highest BCUT2D eigenvalue weighted by atomic mass is 35.5. The number of benzene rings is 1. The van der Waals surface area contributed by atoms with Crippen molar-refractivity contribution in [3.63, 3.8) is 0 Å². The summed E-state index contributed by atoms with van der Waals surface area (Å²) in [5.74, 6) is 0.186. The Kier molecular flexibility index (Phi) is 4.97. The van der Waals surface area contributed by atoms with E-state index in [4.69, 9.17) is 16.2 Å². The second kappa shape index (κ2) is 5.47. The Hall–Kier alpha value is -1.26. The molecule has 78 valence electrons. The lowest BCUT2D eigenvalue weighted by molar-refractivity contribution is -0.119. The van der Waals surface area contributed by atoms with Crippen LogP contribution in [0.1, 0.15) is 11.6 Å². The van der Waals surface area contributed by atoms with Gasteiger partial charge in [-0.05, 0) is 17.7 Å². The van der Waals surface area contributed by atoms with Crippen molar-refractivity contribution in [2.24, 2.45) is 11.5 Å². The van der Waals surface area contributed by atoms with Gasteiger partial charge in [-0.3, -0.25) is 4.79 Å². The van der Waals surface area contributed by atoms with Crippen LogP contribution in [-0.2, 0) is 4.79 Å². The van der Waals surface area contributed by atoms with Crippen LogP contribution in [0.4, 0.5) is 0 Å². The number of methoxy groups -OCH3 is 1. The highest BCUT2D eigenvalue weighted by Crippen LogP contribution is 2.15. The Morgan fingerprint density at radius 3 is 2.21 bits per heavy atom. The van der Waals surface area contributed by atoms with Crippen molar-refractivity contribution in [2.75, 3.05) is 7.11 Å². The summed E-state index contributed by atoms with van der Waals surface area (Å²) < 4.78 is 4.95. The van der Waals surface area contributed by atoms with Crippen LogP contribution >= 0.6 is 12.4 Å². The molecule has 1 amide bonds. The highest BCUT2D eigenvalue weighted by molar-refractivity contribution is 5.85. The summed E-state index contributed by atoms with van der Waals surface area (Å²) in [5.41, 5.74) is 11.2. The van der Waals surface area contributed by atoms with Crippen molar-refractivity contribution in [1.29, 1.82) is 0 Å². The fourth-order valence-electron chi connectivity index (χ4n) is 0.976. The molecule has 0 aliphatic carbocycles. The maximum Gasteiger partial charge on any atom is 0.238 e. The van der Waals surface area contributed by atoms with E-state index >= 15 is 0 Å². The smallest absolute Gasteiger partial charge is 0.238 e. The summed E-state index contributed by atoms with van der Waals surface area (Å²) >= 11 is 0. The fourth-order valence-corrected chi connectivity index (χ4v) is 0.976. The second-order valence-corrected chi connectivity index (χ2v) is 2.65. The first-order valence-electron chi connectivity index (χ1n) is 3.84. The zero-order chi connectivity index (χ0) is 9.84.